The normalized spacial score (nSPS) is 10.2. The smallest absolute Gasteiger partial charge is 0.225 e. The molecule has 1 heterocycles. The third kappa shape index (κ3) is 2.71. The predicted molar refractivity (Wildman–Crippen MR) is 62.6 cm³/mol. The number of hydrogen-bond donors (Lipinski definition) is 1. The third-order valence-electron chi connectivity index (χ3n) is 2.10. The molecule has 2 aromatic rings. The SMILES string of the molecule is CCNc1nccc(Oc2cccc(F)c2F)n1. The molecule has 94 valence electrons. The summed E-state index contributed by atoms with van der Waals surface area (Å²) in [5.74, 6) is -1.71. The van der Waals surface area contributed by atoms with Crippen LogP contribution in [0.5, 0.6) is 11.6 Å². The van der Waals surface area contributed by atoms with E-state index in [1.54, 1.807) is 0 Å². The Balaban J connectivity index is 2.23. The highest BCUT2D eigenvalue weighted by atomic mass is 19.2. The Hall–Kier alpha value is -2.24. The number of ether oxygens (including phenoxy) is 1. The molecular formula is C12H11F2N3O. The van der Waals surface area contributed by atoms with Gasteiger partial charge >= 0.3 is 0 Å². The van der Waals surface area contributed by atoms with Gasteiger partial charge in [-0.25, -0.2) is 9.37 Å². The molecule has 2 rings (SSSR count). The zero-order valence-corrected chi connectivity index (χ0v) is 9.65. The van der Waals surface area contributed by atoms with Crippen molar-refractivity contribution in [3.63, 3.8) is 0 Å². The monoisotopic (exact) mass is 251 g/mol. The summed E-state index contributed by atoms with van der Waals surface area (Å²) in [4.78, 5) is 7.94. The molecule has 0 amide bonds. The van der Waals surface area contributed by atoms with Crippen LogP contribution in [0.15, 0.2) is 30.5 Å². The summed E-state index contributed by atoms with van der Waals surface area (Å²) in [6.45, 7) is 2.54. The van der Waals surface area contributed by atoms with Gasteiger partial charge in [0.2, 0.25) is 17.6 Å². The maximum absolute atomic E-state index is 13.4. The Bertz CT molecular complexity index is 549. The molecule has 6 heteroatoms. The highest BCUT2D eigenvalue weighted by Gasteiger charge is 2.10. The Kier molecular flexibility index (Phi) is 3.66. The van der Waals surface area contributed by atoms with E-state index in [0.29, 0.717) is 12.5 Å². The number of aromatic nitrogens is 2. The van der Waals surface area contributed by atoms with E-state index >= 15 is 0 Å². The average Bonchev–Trinajstić information content (AvgIpc) is 2.36. The zero-order valence-electron chi connectivity index (χ0n) is 9.65. The van der Waals surface area contributed by atoms with Crippen molar-refractivity contribution in [3.8, 4) is 11.6 Å². The minimum Gasteiger partial charge on any atom is -0.436 e. The fourth-order valence-electron chi connectivity index (χ4n) is 1.32. The topological polar surface area (TPSA) is 47.0 Å². The molecule has 0 aliphatic rings. The first-order chi connectivity index (χ1) is 8.70. The second-order valence-electron chi connectivity index (χ2n) is 3.40. The molecule has 0 bridgehead atoms. The number of halogens is 2. The summed E-state index contributed by atoms with van der Waals surface area (Å²) in [7, 11) is 0. The lowest BCUT2D eigenvalue weighted by Gasteiger charge is -2.07. The molecule has 0 saturated carbocycles. The second kappa shape index (κ2) is 5.39. The van der Waals surface area contributed by atoms with Gasteiger partial charge in [-0.3, -0.25) is 0 Å². The van der Waals surface area contributed by atoms with Crippen molar-refractivity contribution in [2.75, 3.05) is 11.9 Å². The molecule has 1 aromatic carbocycles. The highest BCUT2D eigenvalue weighted by molar-refractivity contribution is 5.32. The van der Waals surface area contributed by atoms with Crippen molar-refractivity contribution in [1.82, 2.24) is 9.97 Å². The van der Waals surface area contributed by atoms with Crippen molar-refractivity contribution in [1.29, 1.82) is 0 Å². The van der Waals surface area contributed by atoms with Gasteiger partial charge in [0.05, 0.1) is 0 Å². The number of hydrogen-bond acceptors (Lipinski definition) is 4. The summed E-state index contributed by atoms with van der Waals surface area (Å²) in [6, 6.07) is 5.17. The van der Waals surface area contributed by atoms with Crippen LogP contribution in [-0.4, -0.2) is 16.5 Å². The predicted octanol–water partition coefficient (Wildman–Crippen LogP) is 2.98. The van der Waals surface area contributed by atoms with Gasteiger partial charge < -0.3 is 10.1 Å². The van der Waals surface area contributed by atoms with Crippen LogP contribution in [0, 0.1) is 11.6 Å². The molecule has 0 spiro atoms. The first-order valence-electron chi connectivity index (χ1n) is 5.39. The van der Waals surface area contributed by atoms with Gasteiger partial charge in [-0.15, -0.1) is 0 Å². The van der Waals surface area contributed by atoms with Crippen LogP contribution in [0.2, 0.25) is 0 Å². The molecule has 0 fully saturated rings. The summed E-state index contributed by atoms with van der Waals surface area (Å²) in [5.41, 5.74) is 0. The number of benzene rings is 1. The van der Waals surface area contributed by atoms with E-state index in [2.05, 4.69) is 15.3 Å². The van der Waals surface area contributed by atoms with Crippen molar-refractivity contribution < 1.29 is 13.5 Å². The second-order valence-corrected chi connectivity index (χ2v) is 3.40. The van der Waals surface area contributed by atoms with Gasteiger partial charge in [0.25, 0.3) is 0 Å². The minimum atomic E-state index is -1.04. The molecule has 0 aliphatic heterocycles. The molecule has 18 heavy (non-hydrogen) atoms. The first-order valence-corrected chi connectivity index (χ1v) is 5.39. The summed E-state index contributed by atoms with van der Waals surface area (Å²) in [6.07, 6.45) is 1.47. The molecule has 0 atom stereocenters. The van der Waals surface area contributed by atoms with Gasteiger partial charge in [0.15, 0.2) is 11.6 Å². The number of rotatable bonds is 4. The molecule has 0 radical (unpaired) electrons. The number of anilines is 1. The maximum atomic E-state index is 13.4. The average molecular weight is 251 g/mol. The molecule has 0 aliphatic carbocycles. The van der Waals surface area contributed by atoms with Crippen LogP contribution in [0.1, 0.15) is 6.92 Å². The van der Waals surface area contributed by atoms with Gasteiger partial charge in [-0.05, 0) is 19.1 Å². The van der Waals surface area contributed by atoms with Crippen LogP contribution in [0.3, 0.4) is 0 Å². The lowest BCUT2D eigenvalue weighted by molar-refractivity contribution is 0.405. The lowest BCUT2D eigenvalue weighted by Crippen LogP contribution is -2.02. The Morgan fingerprint density at radius 1 is 1.28 bits per heavy atom. The van der Waals surface area contributed by atoms with Gasteiger partial charge in [0.1, 0.15) is 0 Å². The Morgan fingerprint density at radius 3 is 2.89 bits per heavy atom. The molecule has 1 N–H and O–H groups in total. The largest absolute Gasteiger partial charge is 0.436 e. The van der Waals surface area contributed by atoms with E-state index in [1.807, 2.05) is 6.92 Å². The maximum Gasteiger partial charge on any atom is 0.225 e. The van der Waals surface area contributed by atoms with E-state index in [0.717, 1.165) is 6.07 Å². The van der Waals surface area contributed by atoms with Gasteiger partial charge in [0, 0.05) is 18.8 Å². The van der Waals surface area contributed by atoms with Crippen LogP contribution in [0.25, 0.3) is 0 Å². The molecule has 1 aromatic heterocycles. The van der Waals surface area contributed by atoms with Crippen molar-refractivity contribution >= 4 is 5.95 Å². The molecule has 0 unspecified atom stereocenters. The minimum absolute atomic E-state index is 0.144. The molecule has 4 nitrogen and oxygen atoms in total. The summed E-state index contributed by atoms with van der Waals surface area (Å²) < 4.78 is 31.5. The van der Waals surface area contributed by atoms with Crippen molar-refractivity contribution in [2.45, 2.75) is 6.92 Å². The van der Waals surface area contributed by atoms with Gasteiger partial charge in [-0.2, -0.15) is 9.37 Å². The summed E-state index contributed by atoms with van der Waals surface area (Å²) in [5, 5.41) is 2.89. The van der Waals surface area contributed by atoms with E-state index < -0.39 is 11.6 Å². The van der Waals surface area contributed by atoms with Crippen molar-refractivity contribution in [3.05, 3.63) is 42.1 Å². The Morgan fingerprint density at radius 2 is 2.11 bits per heavy atom. The van der Waals surface area contributed by atoms with Crippen LogP contribution in [0.4, 0.5) is 14.7 Å². The van der Waals surface area contributed by atoms with E-state index in [9.17, 15) is 8.78 Å². The fourth-order valence-corrected chi connectivity index (χ4v) is 1.32. The van der Waals surface area contributed by atoms with E-state index in [4.69, 9.17) is 4.74 Å². The van der Waals surface area contributed by atoms with Crippen LogP contribution in [-0.2, 0) is 0 Å². The lowest BCUT2D eigenvalue weighted by atomic mass is 10.3. The molecule has 0 saturated heterocycles. The van der Waals surface area contributed by atoms with Gasteiger partial charge in [-0.1, -0.05) is 6.07 Å². The molecular weight excluding hydrogens is 240 g/mol. The Labute approximate surface area is 103 Å². The summed E-state index contributed by atoms with van der Waals surface area (Å²) >= 11 is 0. The fraction of sp³-hybridized carbons (Fsp3) is 0.167. The van der Waals surface area contributed by atoms with E-state index in [-0.39, 0.29) is 11.6 Å². The standard InChI is InChI=1S/C12H11F2N3O/c1-2-15-12-16-7-6-10(17-12)18-9-5-3-4-8(13)11(9)14/h3-7H,2H2,1H3,(H,15,16,17). The number of nitrogens with one attached hydrogen (secondary N) is 1. The quantitative estimate of drug-likeness (QED) is 0.907. The van der Waals surface area contributed by atoms with Crippen molar-refractivity contribution in [2.24, 2.45) is 0 Å². The zero-order chi connectivity index (χ0) is 13.0. The van der Waals surface area contributed by atoms with Crippen LogP contribution >= 0.6 is 0 Å². The first kappa shape index (κ1) is 12.2. The van der Waals surface area contributed by atoms with E-state index in [1.165, 1.54) is 24.4 Å². The third-order valence-corrected chi connectivity index (χ3v) is 2.10. The highest BCUT2D eigenvalue weighted by Crippen LogP contribution is 2.24. The van der Waals surface area contributed by atoms with Crippen LogP contribution < -0.4 is 10.1 Å². The number of nitrogens with zero attached hydrogens (tertiary/aromatic N) is 2.